The van der Waals surface area contributed by atoms with Gasteiger partial charge in [0, 0.05) is 36.7 Å². The Kier molecular flexibility index (Phi) is 7.91. The Morgan fingerprint density at radius 3 is 2.68 bits per heavy atom. The minimum atomic E-state index is -0.00708. The van der Waals surface area contributed by atoms with Gasteiger partial charge < -0.3 is 14.8 Å². The van der Waals surface area contributed by atoms with Crippen molar-refractivity contribution in [2.24, 2.45) is 0 Å². The fourth-order valence-electron chi connectivity index (χ4n) is 2.68. The lowest BCUT2D eigenvalue weighted by molar-refractivity contribution is -0.123. The maximum absolute atomic E-state index is 12.4. The van der Waals surface area contributed by atoms with Gasteiger partial charge in [0.2, 0.25) is 5.91 Å². The fraction of sp³-hybridized carbons (Fsp3) is 0.421. The van der Waals surface area contributed by atoms with Crippen LogP contribution in [0.1, 0.15) is 17.4 Å². The largest absolute Gasteiger partial charge is 0.496 e. The number of methoxy groups -OCH3 is 2. The molecule has 0 fully saturated rings. The smallest absolute Gasteiger partial charge is 0.234 e. The molecule has 1 amide bonds. The second kappa shape index (κ2) is 10.2. The molecule has 2 aromatic rings. The minimum Gasteiger partial charge on any atom is -0.496 e. The van der Waals surface area contributed by atoms with Gasteiger partial charge in [0.25, 0.3) is 0 Å². The molecular weight excluding hydrogens is 336 g/mol. The first-order valence-electron chi connectivity index (χ1n) is 8.27. The lowest BCUT2D eigenvalue weighted by Crippen LogP contribution is -2.42. The van der Waals surface area contributed by atoms with E-state index in [1.165, 1.54) is 4.88 Å². The van der Waals surface area contributed by atoms with Gasteiger partial charge in [0.05, 0.1) is 20.3 Å². The van der Waals surface area contributed by atoms with Gasteiger partial charge in [-0.15, -0.1) is 11.3 Å². The Labute approximate surface area is 153 Å². The lowest BCUT2D eigenvalue weighted by atomic mass is 10.2. The number of amides is 1. The molecule has 136 valence electrons. The summed E-state index contributed by atoms with van der Waals surface area (Å²) in [4.78, 5) is 15.7. The van der Waals surface area contributed by atoms with Crippen molar-refractivity contribution < 1.29 is 14.3 Å². The second-order valence-corrected chi connectivity index (χ2v) is 6.99. The quantitative estimate of drug-likeness (QED) is 0.706. The van der Waals surface area contributed by atoms with E-state index in [1.807, 2.05) is 37.3 Å². The van der Waals surface area contributed by atoms with Gasteiger partial charge in [-0.25, -0.2) is 0 Å². The number of nitrogens with one attached hydrogen (secondary N) is 1. The van der Waals surface area contributed by atoms with Gasteiger partial charge in [-0.05, 0) is 24.4 Å². The summed E-state index contributed by atoms with van der Waals surface area (Å²) in [5.41, 5.74) is 1.07. The summed E-state index contributed by atoms with van der Waals surface area (Å²) in [7, 11) is 3.30. The van der Waals surface area contributed by atoms with Crippen LogP contribution in [0.4, 0.5) is 0 Å². The summed E-state index contributed by atoms with van der Waals surface area (Å²) < 4.78 is 10.5. The molecule has 0 saturated carbocycles. The molecular formula is C19H26N2O3S. The molecule has 1 N–H and O–H groups in total. The van der Waals surface area contributed by atoms with Crippen molar-refractivity contribution in [1.82, 2.24) is 10.2 Å². The third kappa shape index (κ3) is 6.49. The first-order chi connectivity index (χ1) is 12.1. The number of ether oxygens (including phenoxy) is 2. The molecule has 6 heteroatoms. The average Bonchev–Trinajstić information content (AvgIpc) is 3.08. The van der Waals surface area contributed by atoms with Gasteiger partial charge in [-0.2, -0.15) is 0 Å². The highest BCUT2D eigenvalue weighted by atomic mass is 32.1. The summed E-state index contributed by atoms with van der Waals surface area (Å²) in [6.07, 6.45) is 0. The van der Waals surface area contributed by atoms with E-state index in [4.69, 9.17) is 9.47 Å². The minimum absolute atomic E-state index is 0.00370. The van der Waals surface area contributed by atoms with E-state index in [0.29, 0.717) is 19.7 Å². The summed E-state index contributed by atoms with van der Waals surface area (Å²) in [5.74, 6) is 0.836. The molecule has 0 spiro atoms. The number of rotatable bonds is 10. The number of thiophene rings is 1. The summed E-state index contributed by atoms with van der Waals surface area (Å²) in [5, 5.41) is 5.02. The first kappa shape index (κ1) is 19.4. The maximum Gasteiger partial charge on any atom is 0.234 e. The Hall–Kier alpha value is -1.89. The molecule has 1 aromatic heterocycles. The zero-order valence-electron chi connectivity index (χ0n) is 15.0. The predicted molar refractivity (Wildman–Crippen MR) is 101 cm³/mol. The lowest BCUT2D eigenvalue weighted by Gasteiger charge is -2.23. The molecule has 0 saturated heterocycles. The Morgan fingerprint density at radius 1 is 1.20 bits per heavy atom. The van der Waals surface area contributed by atoms with Crippen LogP contribution in [-0.2, 0) is 22.6 Å². The van der Waals surface area contributed by atoms with Gasteiger partial charge >= 0.3 is 0 Å². The zero-order chi connectivity index (χ0) is 18.1. The van der Waals surface area contributed by atoms with E-state index in [9.17, 15) is 4.79 Å². The third-order valence-electron chi connectivity index (χ3n) is 3.74. The van der Waals surface area contributed by atoms with Crippen molar-refractivity contribution in [2.45, 2.75) is 26.1 Å². The number of hydrogen-bond acceptors (Lipinski definition) is 5. The van der Waals surface area contributed by atoms with Crippen LogP contribution in [0.25, 0.3) is 0 Å². The molecule has 2 rings (SSSR count). The van der Waals surface area contributed by atoms with E-state index in [-0.39, 0.29) is 11.9 Å². The van der Waals surface area contributed by atoms with Gasteiger partial charge in [0.1, 0.15) is 5.75 Å². The predicted octanol–water partition coefficient (Wildman–Crippen LogP) is 2.91. The van der Waals surface area contributed by atoms with Crippen molar-refractivity contribution in [1.29, 1.82) is 0 Å². The monoisotopic (exact) mass is 362 g/mol. The van der Waals surface area contributed by atoms with Crippen molar-refractivity contribution in [2.75, 3.05) is 27.4 Å². The van der Waals surface area contributed by atoms with Crippen molar-refractivity contribution in [3.63, 3.8) is 0 Å². The maximum atomic E-state index is 12.4. The van der Waals surface area contributed by atoms with Crippen LogP contribution in [0.3, 0.4) is 0 Å². The molecule has 0 bridgehead atoms. The van der Waals surface area contributed by atoms with Crippen molar-refractivity contribution in [3.05, 3.63) is 52.2 Å². The molecule has 1 unspecified atom stereocenters. The van der Waals surface area contributed by atoms with Crippen molar-refractivity contribution >= 4 is 17.2 Å². The molecule has 0 aliphatic rings. The van der Waals surface area contributed by atoms with Crippen LogP contribution < -0.4 is 10.1 Å². The van der Waals surface area contributed by atoms with Crippen LogP contribution in [-0.4, -0.2) is 44.2 Å². The molecule has 1 atom stereocenters. The number of para-hydroxylation sites is 1. The van der Waals surface area contributed by atoms with Crippen LogP contribution in [0.2, 0.25) is 0 Å². The fourth-order valence-corrected chi connectivity index (χ4v) is 3.43. The number of nitrogens with zero attached hydrogens (tertiary/aromatic N) is 1. The molecule has 1 heterocycles. The van der Waals surface area contributed by atoms with Gasteiger partial charge in [-0.3, -0.25) is 9.69 Å². The molecule has 5 nitrogen and oxygen atoms in total. The van der Waals surface area contributed by atoms with Gasteiger partial charge in [-0.1, -0.05) is 24.3 Å². The highest BCUT2D eigenvalue weighted by Gasteiger charge is 2.16. The van der Waals surface area contributed by atoms with E-state index in [1.54, 1.807) is 25.6 Å². The normalized spacial score (nSPS) is 12.2. The van der Waals surface area contributed by atoms with Crippen LogP contribution >= 0.6 is 11.3 Å². The zero-order valence-corrected chi connectivity index (χ0v) is 15.8. The molecule has 0 aliphatic carbocycles. The standard InChI is InChI=1S/C19H26N2O3S/c1-15(14-23-2)20-19(22)13-21(12-17-8-6-10-25-17)11-16-7-4-5-9-18(16)24-3/h4-10,15H,11-14H2,1-3H3,(H,20,22). The summed E-state index contributed by atoms with van der Waals surface area (Å²) >= 11 is 1.70. The van der Waals surface area contributed by atoms with E-state index < -0.39 is 0 Å². The number of benzene rings is 1. The van der Waals surface area contributed by atoms with E-state index in [2.05, 4.69) is 21.7 Å². The summed E-state index contributed by atoms with van der Waals surface area (Å²) in [6.45, 7) is 4.13. The summed E-state index contributed by atoms with van der Waals surface area (Å²) in [6, 6.07) is 12.0. The van der Waals surface area contributed by atoms with Crippen molar-refractivity contribution in [3.8, 4) is 5.75 Å². The van der Waals surface area contributed by atoms with Crippen LogP contribution in [0, 0.1) is 0 Å². The van der Waals surface area contributed by atoms with Gasteiger partial charge in [0.15, 0.2) is 0 Å². The Morgan fingerprint density at radius 2 is 2.00 bits per heavy atom. The molecule has 1 aromatic carbocycles. The highest BCUT2D eigenvalue weighted by Crippen LogP contribution is 2.21. The molecule has 0 aliphatic heterocycles. The van der Waals surface area contributed by atoms with E-state index >= 15 is 0 Å². The topological polar surface area (TPSA) is 50.8 Å². The SMILES string of the molecule is COCC(C)NC(=O)CN(Cc1cccs1)Cc1ccccc1OC. The molecule has 0 radical (unpaired) electrons. The van der Waals surface area contributed by atoms with E-state index in [0.717, 1.165) is 17.9 Å². The second-order valence-electron chi connectivity index (χ2n) is 5.96. The number of hydrogen-bond donors (Lipinski definition) is 1. The Balaban J connectivity index is 2.06. The number of carbonyl (C=O) groups is 1. The molecule has 25 heavy (non-hydrogen) atoms. The third-order valence-corrected chi connectivity index (χ3v) is 4.60. The van der Waals surface area contributed by atoms with Crippen LogP contribution in [0.15, 0.2) is 41.8 Å². The highest BCUT2D eigenvalue weighted by molar-refractivity contribution is 7.09. The first-order valence-corrected chi connectivity index (χ1v) is 9.15. The average molecular weight is 362 g/mol. The number of carbonyl (C=O) groups excluding carboxylic acids is 1. The Bertz CT molecular complexity index is 646. The van der Waals surface area contributed by atoms with Crippen LogP contribution in [0.5, 0.6) is 5.75 Å².